The van der Waals surface area contributed by atoms with Crippen LogP contribution in [0.4, 0.5) is 5.69 Å². The van der Waals surface area contributed by atoms with Crippen LogP contribution in [0.5, 0.6) is 11.5 Å². The molecule has 2 atom stereocenters. The molecule has 0 saturated carbocycles. The topological polar surface area (TPSA) is 67.8 Å². The van der Waals surface area contributed by atoms with Crippen molar-refractivity contribution in [2.45, 2.75) is 18.4 Å². The van der Waals surface area contributed by atoms with E-state index in [4.69, 9.17) is 9.47 Å². The van der Waals surface area contributed by atoms with Gasteiger partial charge in [-0.3, -0.25) is 4.79 Å². The van der Waals surface area contributed by atoms with Crippen molar-refractivity contribution in [2.24, 2.45) is 0 Å². The number of aliphatic hydroxyl groups excluding tert-OH is 1. The molecule has 0 aliphatic carbocycles. The highest BCUT2D eigenvalue weighted by Crippen LogP contribution is 2.34. The van der Waals surface area contributed by atoms with Crippen LogP contribution in [0.25, 0.3) is 0 Å². The van der Waals surface area contributed by atoms with Gasteiger partial charge in [0.2, 0.25) is 0 Å². The average Bonchev–Trinajstić information content (AvgIpc) is 2.71. The summed E-state index contributed by atoms with van der Waals surface area (Å²) in [4.78, 5) is 12.2. The average molecular weight is 313 g/mol. The Morgan fingerprint density at radius 2 is 1.70 bits per heavy atom. The van der Waals surface area contributed by atoms with Gasteiger partial charge in [-0.2, -0.15) is 0 Å². The van der Waals surface area contributed by atoms with E-state index in [9.17, 15) is 9.90 Å². The van der Waals surface area contributed by atoms with E-state index in [1.807, 2.05) is 30.3 Å². The Labute approximate surface area is 134 Å². The maximum atomic E-state index is 12.2. The molecule has 1 amide bonds. The summed E-state index contributed by atoms with van der Waals surface area (Å²) in [6, 6.07) is 12.9. The molecule has 2 aromatic carbocycles. The number of anilines is 1. The molecular weight excluding hydrogens is 294 g/mol. The van der Waals surface area contributed by atoms with Gasteiger partial charge in [0.1, 0.15) is 17.6 Å². The molecule has 0 fully saturated rings. The van der Waals surface area contributed by atoms with E-state index in [2.05, 4.69) is 5.32 Å². The van der Waals surface area contributed by atoms with Crippen LogP contribution < -0.4 is 14.8 Å². The van der Waals surface area contributed by atoms with E-state index in [-0.39, 0.29) is 5.92 Å². The zero-order chi connectivity index (χ0) is 16.4. The normalized spacial score (nSPS) is 20.2. The smallest absolute Gasteiger partial charge is 0.253 e. The van der Waals surface area contributed by atoms with Crippen molar-refractivity contribution in [2.75, 3.05) is 19.5 Å². The number of nitrogens with one attached hydrogen (secondary N) is 1. The standard InChI is InChI=1S/C18H19NO4/c1-22-13-5-3-11(4-6-13)15-10-12-9-14(23-2)7-8-16(12)19-18(21)17(15)20/h3-9,15,17,20H,10H2,1-2H3,(H,19,21)/t15?,17-/m1/s1. The van der Waals surface area contributed by atoms with Gasteiger partial charge >= 0.3 is 0 Å². The van der Waals surface area contributed by atoms with E-state index < -0.39 is 12.0 Å². The summed E-state index contributed by atoms with van der Waals surface area (Å²) >= 11 is 0. The molecule has 0 bridgehead atoms. The molecule has 5 heteroatoms. The van der Waals surface area contributed by atoms with Crippen LogP contribution in [0.2, 0.25) is 0 Å². The number of aliphatic hydroxyl groups is 1. The minimum atomic E-state index is -1.11. The van der Waals surface area contributed by atoms with Gasteiger partial charge in [0, 0.05) is 11.6 Å². The summed E-state index contributed by atoms with van der Waals surface area (Å²) in [6.45, 7) is 0. The lowest BCUT2D eigenvalue weighted by Gasteiger charge is -2.19. The number of hydrogen-bond donors (Lipinski definition) is 2. The summed E-state index contributed by atoms with van der Waals surface area (Å²) in [7, 11) is 3.21. The number of methoxy groups -OCH3 is 2. The van der Waals surface area contributed by atoms with Crippen molar-refractivity contribution < 1.29 is 19.4 Å². The highest BCUT2D eigenvalue weighted by atomic mass is 16.5. The van der Waals surface area contributed by atoms with Gasteiger partial charge in [0.15, 0.2) is 0 Å². The Morgan fingerprint density at radius 1 is 1.04 bits per heavy atom. The second-order valence-corrected chi connectivity index (χ2v) is 5.54. The lowest BCUT2D eigenvalue weighted by Crippen LogP contribution is -2.31. The number of amides is 1. The van der Waals surface area contributed by atoms with E-state index in [0.717, 1.165) is 22.6 Å². The van der Waals surface area contributed by atoms with Gasteiger partial charge in [-0.1, -0.05) is 12.1 Å². The molecule has 0 aromatic heterocycles. The minimum Gasteiger partial charge on any atom is -0.497 e. The van der Waals surface area contributed by atoms with Crippen molar-refractivity contribution >= 4 is 11.6 Å². The molecule has 0 saturated heterocycles. The van der Waals surface area contributed by atoms with Crippen LogP contribution >= 0.6 is 0 Å². The van der Waals surface area contributed by atoms with Crippen LogP contribution in [0.15, 0.2) is 42.5 Å². The molecule has 1 aliphatic rings. The summed E-state index contributed by atoms with van der Waals surface area (Å²) in [5.41, 5.74) is 2.55. The Hall–Kier alpha value is -2.53. The number of hydrogen-bond acceptors (Lipinski definition) is 4. The number of carbonyl (C=O) groups excluding carboxylic acids is 1. The molecule has 2 N–H and O–H groups in total. The Balaban J connectivity index is 1.99. The maximum absolute atomic E-state index is 12.2. The van der Waals surface area contributed by atoms with Gasteiger partial charge in [0.25, 0.3) is 5.91 Å². The largest absolute Gasteiger partial charge is 0.497 e. The fraction of sp³-hybridized carbons (Fsp3) is 0.278. The van der Waals surface area contributed by atoms with Crippen molar-refractivity contribution in [3.05, 3.63) is 53.6 Å². The number of benzene rings is 2. The zero-order valence-electron chi connectivity index (χ0n) is 13.1. The van der Waals surface area contributed by atoms with Crippen LogP contribution in [0, 0.1) is 0 Å². The first kappa shape index (κ1) is 15.4. The molecule has 0 radical (unpaired) electrons. The van der Waals surface area contributed by atoms with Gasteiger partial charge in [0.05, 0.1) is 14.2 Å². The summed E-state index contributed by atoms with van der Waals surface area (Å²) < 4.78 is 10.4. The Morgan fingerprint density at radius 3 is 2.35 bits per heavy atom. The van der Waals surface area contributed by atoms with Crippen LogP contribution in [0.3, 0.4) is 0 Å². The third kappa shape index (κ3) is 3.00. The second kappa shape index (κ2) is 6.30. The summed E-state index contributed by atoms with van der Waals surface area (Å²) in [5, 5.41) is 13.2. The quantitative estimate of drug-likeness (QED) is 0.913. The first-order valence-corrected chi connectivity index (χ1v) is 7.42. The van der Waals surface area contributed by atoms with Gasteiger partial charge < -0.3 is 19.9 Å². The van der Waals surface area contributed by atoms with E-state index in [0.29, 0.717) is 12.1 Å². The third-order valence-corrected chi connectivity index (χ3v) is 4.20. The summed E-state index contributed by atoms with van der Waals surface area (Å²) in [5.74, 6) is 0.746. The molecule has 2 aromatic rings. The lowest BCUT2D eigenvalue weighted by molar-refractivity contribution is -0.124. The molecule has 0 spiro atoms. The minimum absolute atomic E-state index is 0.325. The molecular formula is C18H19NO4. The summed E-state index contributed by atoms with van der Waals surface area (Å²) in [6.07, 6.45) is -0.569. The second-order valence-electron chi connectivity index (χ2n) is 5.54. The fourth-order valence-electron chi connectivity index (χ4n) is 2.88. The maximum Gasteiger partial charge on any atom is 0.253 e. The monoisotopic (exact) mass is 313 g/mol. The first-order valence-electron chi connectivity index (χ1n) is 7.42. The van der Waals surface area contributed by atoms with E-state index in [1.54, 1.807) is 26.4 Å². The van der Waals surface area contributed by atoms with Crippen LogP contribution in [0.1, 0.15) is 17.0 Å². The highest BCUT2D eigenvalue weighted by molar-refractivity contribution is 5.96. The molecule has 1 heterocycles. The number of rotatable bonds is 3. The molecule has 1 unspecified atom stereocenters. The van der Waals surface area contributed by atoms with Crippen molar-refractivity contribution in [1.29, 1.82) is 0 Å². The lowest BCUT2D eigenvalue weighted by atomic mass is 9.87. The molecule has 3 rings (SSSR count). The highest BCUT2D eigenvalue weighted by Gasteiger charge is 2.32. The SMILES string of the molecule is COc1ccc(C2Cc3cc(OC)ccc3NC(=O)[C@@H]2O)cc1. The van der Waals surface area contributed by atoms with Crippen molar-refractivity contribution in [1.82, 2.24) is 0 Å². The van der Waals surface area contributed by atoms with Gasteiger partial charge in [-0.15, -0.1) is 0 Å². The third-order valence-electron chi connectivity index (χ3n) is 4.20. The predicted octanol–water partition coefficient (Wildman–Crippen LogP) is 2.34. The zero-order valence-corrected chi connectivity index (χ0v) is 13.1. The van der Waals surface area contributed by atoms with Gasteiger partial charge in [-0.05, 0) is 47.9 Å². The van der Waals surface area contributed by atoms with E-state index in [1.165, 1.54) is 0 Å². The fourth-order valence-corrected chi connectivity index (χ4v) is 2.88. The van der Waals surface area contributed by atoms with Crippen molar-refractivity contribution in [3.63, 3.8) is 0 Å². The molecule has 23 heavy (non-hydrogen) atoms. The first-order chi connectivity index (χ1) is 11.1. The number of fused-ring (bicyclic) bond motifs is 1. The van der Waals surface area contributed by atoms with Crippen molar-refractivity contribution in [3.8, 4) is 11.5 Å². The molecule has 1 aliphatic heterocycles. The van der Waals surface area contributed by atoms with Crippen LogP contribution in [-0.4, -0.2) is 31.3 Å². The van der Waals surface area contributed by atoms with Gasteiger partial charge in [-0.25, -0.2) is 0 Å². The Kier molecular flexibility index (Phi) is 4.21. The number of ether oxygens (including phenoxy) is 2. The predicted molar refractivity (Wildman–Crippen MR) is 87.1 cm³/mol. The van der Waals surface area contributed by atoms with E-state index >= 15 is 0 Å². The van der Waals surface area contributed by atoms with Crippen LogP contribution in [-0.2, 0) is 11.2 Å². The number of carbonyl (C=O) groups is 1. The molecule has 120 valence electrons. The Bertz CT molecular complexity index is 711. The molecule has 5 nitrogen and oxygen atoms in total.